The van der Waals surface area contributed by atoms with Crippen LogP contribution in [0, 0.1) is 39.9 Å². The van der Waals surface area contributed by atoms with Crippen molar-refractivity contribution in [3.63, 3.8) is 0 Å². The number of carboxylic acid groups (broad SMARTS) is 1. The van der Waals surface area contributed by atoms with Gasteiger partial charge in [-0.25, -0.2) is 0 Å². The standard InChI is InChI=1S/C31H49ClO4/c1-29(20-26(34)35)15-13-24-27-22(11-9-7-5-4-6-8-10-18-32)28(36)25-19-21(33)12-16-30(25,2)23(27)14-17-31(24,29)3/h19,22-24,27-28,36H,4-18,20H2,1-3H3,(H,34,35)/t22-,23-,24-,27+,28+,29+,30+,31-/m0/s1. The number of aliphatic hydroxyl groups is 1. The van der Waals surface area contributed by atoms with Gasteiger partial charge in [-0.3, -0.25) is 9.59 Å². The molecule has 8 atom stereocenters. The van der Waals surface area contributed by atoms with Gasteiger partial charge >= 0.3 is 5.97 Å². The van der Waals surface area contributed by atoms with Gasteiger partial charge in [0, 0.05) is 12.3 Å². The van der Waals surface area contributed by atoms with Crippen LogP contribution in [0.4, 0.5) is 0 Å². The Morgan fingerprint density at radius 2 is 1.61 bits per heavy atom. The number of carboxylic acids is 1. The number of aliphatic carboxylic acids is 1. The molecule has 0 bridgehead atoms. The lowest BCUT2D eigenvalue weighted by atomic mass is 9.42. The van der Waals surface area contributed by atoms with Crippen LogP contribution in [0.1, 0.15) is 117 Å². The van der Waals surface area contributed by atoms with Crippen LogP contribution in [-0.2, 0) is 9.59 Å². The van der Waals surface area contributed by atoms with Gasteiger partial charge in [-0.2, -0.15) is 0 Å². The molecule has 0 aromatic carbocycles. The smallest absolute Gasteiger partial charge is 0.303 e. The Kier molecular flexibility index (Phi) is 8.67. The Morgan fingerprint density at radius 3 is 2.28 bits per heavy atom. The van der Waals surface area contributed by atoms with Gasteiger partial charge in [-0.05, 0) is 96.5 Å². The van der Waals surface area contributed by atoms with Gasteiger partial charge in [0.25, 0.3) is 0 Å². The lowest BCUT2D eigenvalue weighted by molar-refractivity contribution is -0.150. The normalized spacial score (nSPS) is 41.9. The summed E-state index contributed by atoms with van der Waals surface area (Å²) in [6.07, 6.45) is 16.5. The Morgan fingerprint density at radius 1 is 0.972 bits per heavy atom. The summed E-state index contributed by atoms with van der Waals surface area (Å²) in [6, 6.07) is 0. The fourth-order valence-corrected chi connectivity index (χ4v) is 9.62. The van der Waals surface area contributed by atoms with E-state index in [9.17, 15) is 19.8 Å². The average molecular weight is 521 g/mol. The summed E-state index contributed by atoms with van der Waals surface area (Å²) in [5, 5.41) is 21.6. The van der Waals surface area contributed by atoms with Crippen molar-refractivity contribution in [3.8, 4) is 0 Å². The van der Waals surface area contributed by atoms with Gasteiger partial charge in [0.2, 0.25) is 0 Å². The first kappa shape index (κ1) is 28.1. The molecule has 0 unspecified atom stereocenters. The van der Waals surface area contributed by atoms with E-state index in [2.05, 4.69) is 20.8 Å². The molecule has 0 spiro atoms. The van der Waals surface area contributed by atoms with Crippen molar-refractivity contribution in [1.29, 1.82) is 0 Å². The zero-order valence-corrected chi connectivity index (χ0v) is 23.6. The molecule has 4 aliphatic rings. The summed E-state index contributed by atoms with van der Waals surface area (Å²) < 4.78 is 0. The van der Waals surface area contributed by atoms with E-state index in [-0.39, 0.29) is 34.4 Å². The quantitative estimate of drug-likeness (QED) is 0.218. The second kappa shape index (κ2) is 11.1. The number of hydrogen-bond donors (Lipinski definition) is 2. The van der Waals surface area contributed by atoms with E-state index in [0.717, 1.165) is 62.8 Å². The van der Waals surface area contributed by atoms with Gasteiger partial charge in [0.15, 0.2) is 5.78 Å². The fourth-order valence-electron chi connectivity index (χ4n) is 9.43. The average Bonchev–Trinajstić information content (AvgIpc) is 3.08. The fraction of sp³-hybridized carbons (Fsp3) is 0.871. The maximum Gasteiger partial charge on any atom is 0.303 e. The van der Waals surface area contributed by atoms with Crippen LogP contribution >= 0.6 is 11.6 Å². The third kappa shape index (κ3) is 4.95. The molecule has 0 aromatic heterocycles. The van der Waals surface area contributed by atoms with E-state index in [4.69, 9.17) is 11.6 Å². The van der Waals surface area contributed by atoms with Crippen molar-refractivity contribution in [2.75, 3.05) is 5.88 Å². The number of fused-ring (bicyclic) bond motifs is 5. The molecule has 3 fully saturated rings. The minimum absolute atomic E-state index is 0.00495. The highest BCUT2D eigenvalue weighted by Crippen LogP contribution is 2.71. The van der Waals surface area contributed by atoms with Crippen molar-refractivity contribution >= 4 is 23.4 Å². The van der Waals surface area contributed by atoms with Gasteiger partial charge in [-0.1, -0.05) is 59.3 Å². The Bertz CT molecular complexity index is 854. The first-order valence-corrected chi connectivity index (χ1v) is 15.3. The number of aliphatic hydroxyl groups excluding tert-OH is 1. The summed E-state index contributed by atoms with van der Waals surface area (Å²) in [4.78, 5) is 24.3. The lowest BCUT2D eigenvalue weighted by Crippen LogP contribution is -2.59. The zero-order chi connectivity index (χ0) is 26.1. The van der Waals surface area contributed by atoms with Crippen LogP contribution < -0.4 is 0 Å². The van der Waals surface area contributed by atoms with Crippen molar-refractivity contribution < 1.29 is 19.8 Å². The van der Waals surface area contributed by atoms with Crippen LogP contribution in [0.3, 0.4) is 0 Å². The van der Waals surface area contributed by atoms with Crippen LogP contribution in [0.2, 0.25) is 0 Å². The van der Waals surface area contributed by atoms with Crippen LogP contribution in [0.15, 0.2) is 11.6 Å². The molecule has 2 N–H and O–H groups in total. The Labute approximate surface area is 223 Å². The zero-order valence-electron chi connectivity index (χ0n) is 22.9. The van der Waals surface area contributed by atoms with Crippen LogP contribution in [-0.4, -0.2) is 33.9 Å². The molecular formula is C31H49ClO4. The topological polar surface area (TPSA) is 74.6 Å². The summed E-state index contributed by atoms with van der Waals surface area (Å²) in [5.41, 5.74) is 0.715. The highest BCUT2D eigenvalue weighted by Gasteiger charge is 2.65. The number of rotatable bonds is 11. The Balaban J connectivity index is 1.56. The van der Waals surface area contributed by atoms with Crippen molar-refractivity contribution in [3.05, 3.63) is 11.6 Å². The molecule has 0 radical (unpaired) electrons. The molecular weight excluding hydrogens is 472 g/mol. The van der Waals surface area contributed by atoms with Crippen LogP contribution in [0.5, 0.6) is 0 Å². The van der Waals surface area contributed by atoms with E-state index in [1.165, 1.54) is 32.1 Å². The van der Waals surface area contributed by atoms with Gasteiger partial charge in [0.1, 0.15) is 0 Å². The number of ketones is 1. The summed E-state index contributed by atoms with van der Waals surface area (Å²) in [5.74, 6) is 1.76. The third-order valence-corrected chi connectivity index (χ3v) is 12.0. The maximum absolute atomic E-state index is 12.4. The van der Waals surface area contributed by atoms with Gasteiger partial charge in [-0.15, -0.1) is 11.6 Å². The summed E-state index contributed by atoms with van der Waals surface area (Å²) in [7, 11) is 0. The molecule has 36 heavy (non-hydrogen) atoms. The number of unbranched alkanes of at least 4 members (excludes halogenated alkanes) is 6. The summed E-state index contributed by atoms with van der Waals surface area (Å²) in [6.45, 7) is 6.90. The largest absolute Gasteiger partial charge is 0.481 e. The SMILES string of the molecule is C[C@]1(CC(=O)O)CC[C@H]2[C@@H]3[C@H](CCCCCCCCCCl)[C@@H](O)C4=CC(=O)CC[C@]4(C)[C@H]3CC[C@@]21C. The predicted octanol–water partition coefficient (Wildman–Crippen LogP) is 7.56. The van der Waals surface area contributed by atoms with Gasteiger partial charge < -0.3 is 10.2 Å². The predicted molar refractivity (Wildman–Crippen MR) is 145 cm³/mol. The molecule has 5 heteroatoms. The molecule has 204 valence electrons. The number of halogens is 1. The molecule has 0 saturated heterocycles. The highest BCUT2D eigenvalue weighted by atomic mass is 35.5. The highest BCUT2D eigenvalue weighted by molar-refractivity contribution is 6.17. The summed E-state index contributed by atoms with van der Waals surface area (Å²) >= 11 is 5.80. The molecule has 0 aliphatic heterocycles. The van der Waals surface area contributed by atoms with Crippen molar-refractivity contribution in [2.24, 2.45) is 39.9 Å². The molecule has 4 rings (SSSR count). The number of carbonyl (C=O) groups is 2. The molecule has 4 nitrogen and oxygen atoms in total. The second-order valence-corrected chi connectivity index (χ2v) is 13.8. The minimum Gasteiger partial charge on any atom is -0.481 e. The number of carbonyl (C=O) groups excluding carboxylic acids is 1. The minimum atomic E-state index is -0.684. The second-order valence-electron chi connectivity index (χ2n) is 13.5. The monoisotopic (exact) mass is 520 g/mol. The molecule has 0 heterocycles. The molecule has 4 aliphatic carbocycles. The van der Waals surface area contributed by atoms with E-state index < -0.39 is 12.1 Å². The number of hydrogen-bond acceptors (Lipinski definition) is 3. The molecule has 0 amide bonds. The lowest BCUT2D eigenvalue weighted by Gasteiger charge is -2.63. The van der Waals surface area contributed by atoms with Gasteiger partial charge in [0.05, 0.1) is 12.5 Å². The van der Waals surface area contributed by atoms with Crippen LogP contribution in [0.25, 0.3) is 0 Å². The maximum atomic E-state index is 12.4. The van der Waals surface area contributed by atoms with Crippen molar-refractivity contribution in [1.82, 2.24) is 0 Å². The molecule has 0 aromatic rings. The van der Waals surface area contributed by atoms with E-state index in [1.807, 2.05) is 6.08 Å². The Hall–Kier alpha value is -0.870. The number of alkyl halides is 1. The van der Waals surface area contributed by atoms with E-state index in [0.29, 0.717) is 24.2 Å². The van der Waals surface area contributed by atoms with Crippen molar-refractivity contribution in [2.45, 2.75) is 123 Å². The third-order valence-electron chi connectivity index (χ3n) is 11.7. The van der Waals surface area contributed by atoms with E-state index in [1.54, 1.807) is 0 Å². The first-order valence-electron chi connectivity index (χ1n) is 14.8. The first-order chi connectivity index (χ1) is 17.1. The molecule has 3 saturated carbocycles. The van der Waals surface area contributed by atoms with E-state index >= 15 is 0 Å².